The lowest BCUT2D eigenvalue weighted by Gasteiger charge is -2.24. The molecule has 1 heterocycles. The second-order valence-electron chi connectivity index (χ2n) is 6.12. The molecule has 0 saturated carbocycles. The average molecular weight is 560 g/mol. The first kappa shape index (κ1) is 23.6. The fourth-order valence-electron chi connectivity index (χ4n) is 2.70. The normalized spacial score (nSPS) is 17.7. The van der Waals surface area contributed by atoms with Crippen molar-refractivity contribution in [2.75, 3.05) is 45.6 Å². The molecule has 9 heteroatoms. The zero-order chi connectivity index (χ0) is 18.3. The number of nitrogens with zero attached hydrogens (tertiary/aromatic N) is 2. The average Bonchev–Trinajstić information content (AvgIpc) is 3.07. The lowest BCUT2D eigenvalue weighted by atomic mass is 10.1. The Hall–Kier alpha value is -0.390. The molecule has 0 radical (unpaired) electrons. The van der Waals surface area contributed by atoms with Gasteiger partial charge in [-0.1, -0.05) is 15.9 Å². The minimum absolute atomic E-state index is 0. The predicted molar refractivity (Wildman–Crippen MR) is 119 cm³/mol. The molecular weight excluding hydrogens is 533 g/mol. The van der Waals surface area contributed by atoms with Crippen LogP contribution in [0.25, 0.3) is 0 Å². The Balaban J connectivity index is 0.00000338. The van der Waals surface area contributed by atoms with Crippen LogP contribution in [0.3, 0.4) is 0 Å². The van der Waals surface area contributed by atoms with Gasteiger partial charge < -0.3 is 15.0 Å². The summed E-state index contributed by atoms with van der Waals surface area (Å²) in [6.45, 7) is 5.42. The van der Waals surface area contributed by atoms with E-state index < -0.39 is 9.84 Å². The van der Waals surface area contributed by atoms with E-state index in [9.17, 15) is 8.42 Å². The van der Waals surface area contributed by atoms with E-state index in [1.54, 1.807) is 24.3 Å². The number of sulfone groups is 1. The van der Waals surface area contributed by atoms with Crippen LogP contribution in [0.15, 0.2) is 38.6 Å². The third-order valence-corrected chi connectivity index (χ3v) is 6.29. The molecule has 148 valence electrons. The summed E-state index contributed by atoms with van der Waals surface area (Å²) in [6, 6.07) is 6.69. The van der Waals surface area contributed by atoms with Gasteiger partial charge in [-0.3, -0.25) is 4.99 Å². The van der Waals surface area contributed by atoms with Crippen LogP contribution in [-0.4, -0.2) is 64.9 Å². The highest BCUT2D eigenvalue weighted by Crippen LogP contribution is 2.16. The quantitative estimate of drug-likeness (QED) is 0.316. The lowest BCUT2D eigenvalue weighted by Crippen LogP contribution is -2.41. The monoisotopic (exact) mass is 559 g/mol. The van der Waals surface area contributed by atoms with Crippen molar-refractivity contribution < 1.29 is 13.2 Å². The van der Waals surface area contributed by atoms with Gasteiger partial charge in [-0.2, -0.15) is 0 Å². The Morgan fingerprint density at radius 1 is 1.38 bits per heavy atom. The van der Waals surface area contributed by atoms with Gasteiger partial charge in [0.2, 0.25) is 0 Å². The summed E-state index contributed by atoms with van der Waals surface area (Å²) >= 11 is 3.31. The highest BCUT2D eigenvalue weighted by Gasteiger charge is 2.19. The van der Waals surface area contributed by atoms with Crippen molar-refractivity contribution in [3.05, 3.63) is 28.7 Å². The molecule has 1 aliphatic heterocycles. The molecule has 0 aromatic heterocycles. The molecule has 1 aromatic rings. The molecule has 0 amide bonds. The van der Waals surface area contributed by atoms with Crippen LogP contribution in [0.2, 0.25) is 0 Å². The molecule has 0 aliphatic carbocycles. The van der Waals surface area contributed by atoms with E-state index in [4.69, 9.17) is 4.74 Å². The maximum atomic E-state index is 12.4. The number of guanidine groups is 1. The maximum Gasteiger partial charge on any atom is 0.193 e. The Bertz CT molecular complexity index is 677. The SMILES string of the molecule is CCNC(=NCCS(=O)(=O)c1ccc(Br)cc1)N(C)CC1CCOC1.I. The highest BCUT2D eigenvalue weighted by atomic mass is 127. The van der Waals surface area contributed by atoms with Gasteiger partial charge >= 0.3 is 0 Å². The molecule has 0 spiro atoms. The van der Waals surface area contributed by atoms with Gasteiger partial charge in [0.25, 0.3) is 0 Å². The molecule has 6 nitrogen and oxygen atoms in total. The predicted octanol–water partition coefficient (Wildman–Crippen LogP) is 2.77. The molecule has 1 fully saturated rings. The minimum Gasteiger partial charge on any atom is -0.381 e. The highest BCUT2D eigenvalue weighted by molar-refractivity contribution is 14.0. The number of ether oxygens (including phenoxy) is 1. The Kier molecular flexibility index (Phi) is 10.4. The molecule has 2 rings (SSSR count). The zero-order valence-electron chi connectivity index (χ0n) is 15.2. The van der Waals surface area contributed by atoms with Crippen molar-refractivity contribution in [2.45, 2.75) is 18.2 Å². The van der Waals surface area contributed by atoms with Crippen LogP contribution >= 0.6 is 39.9 Å². The van der Waals surface area contributed by atoms with E-state index in [0.29, 0.717) is 10.8 Å². The molecule has 1 N–H and O–H groups in total. The first-order valence-corrected chi connectivity index (χ1v) is 10.9. The molecule has 1 aliphatic rings. The van der Waals surface area contributed by atoms with E-state index in [1.807, 2.05) is 14.0 Å². The van der Waals surface area contributed by atoms with Gasteiger partial charge in [0.1, 0.15) is 0 Å². The molecule has 26 heavy (non-hydrogen) atoms. The van der Waals surface area contributed by atoms with Gasteiger partial charge in [-0.15, -0.1) is 24.0 Å². The smallest absolute Gasteiger partial charge is 0.193 e. The number of rotatable bonds is 7. The Labute approximate surface area is 181 Å². The van der Waals surface area contributed by atoms with E-state index in [-0.39, 0.29) is 36.3 Å². The molecule has 1 atom stereocenters. The van der Waals surface area contributed by atoms with Crippen LogP contribution in [0, 0.1) is 5.92 Å². The van der Waals surface area contributed by atoms with Crippen LogP contribution in [0.5, 0.6) is 0 Å². The number of halogens is 2. The second-order valence-corrected chi connectivity index (χ2v) is 9.14. The molecule has 1 unspecified atom stereocenters. The number of nitrogens with one attached hydrogen (secondary N) is 1. The topological polar surface area (TPSA) is 71.0 Å². The van der Waals surface area contributed by atoms with Crippen LogP contribution in [0.1, 0.15) is 13.3 Å². The van der Waals surface area contributed by atoms with Crippen molar-refractivity contribution in [3.63, 3.8) is 0 Å². The molecular formula is C17H27BrIN3O3S. The minimum atomic E-state index is -3.33. The molecule has 1 saturated heterocycles. The van der Waals surface area contributed by atoms with Crippen molar-refractivity contribution in [2.24, 2.45) is 10.9 Å². The van der Waals surface area contributed by atoms with E-state index >= 15 is 0 Å². The lowest BCUT2D eigenvalue weighted by molar-refractivity contribution is 0.181. The van der Waals surface area contributed by atoms with E-state index in [0.717, 1.165) is 43.2 Å². The van der Waals surface area contributed by atoms with Gasteiger partial charge in [0.15, 0.2) is 15.8 Å². The van der Waals surface area contributed by atoms with E-state index in [1.165, 1.54) is 0 Å². The van der Waals surface area contributed by atoms with Gasteiger partial charge in [0, 0.05) is 37.1 Å². The number of hydrogen-bond acceptors (Lipinski definition) is 4. The number of benzene rings is 1. The van der Waals surface area contributed by atoms with Crippen LogP contribution < -0.4 is 5.32 Å². The van der Waals surface area contributed by atoms with Crippen LogP contribution in [-0.2, 0) is 14.6 Å². The first-order valence-electron chi connectivity index (χ1n) is 8.48. The van der Waals surface area contributed by atoms with Gasteiger partial charge in [-0.25, -0.2) is 8.42 Å². The van der Waals surface area contributed by atoms with Crippen molar-refractivity contribution in [3.8, 4) is 0 Å². The fraction of sp³-hybridized carbons (Fsp3) is 0.588. The maximum absolute atomic E-state index is 12.4. The van der Waals surface area contributed by atoms with E-state index in [2.05, 4.69) is 31.1 Å². The fourth-order valence-corrected chi connectivity index (χ4v) is 4.08. The Morgan fingerprint density at radius 2 is 2.08 bits per heavy atom. The summed E-state index contributed by atoms with van der Waals surface area (Å²) < 4.78 is 31.1. The third-order valence-electron chi connectivity index (χ3n) is 4.05. The zero-order valence-corrected chi connectivity index (χ0v) is 19.9. The van der Waals surface area contributed by atoms with Crippen molar-refractivity contribution in [1.82, 2.24) is 10.2 Å². The van der Waals surface area contributed by atoms with Gasteiger partial charge in [-0.05, 0) is 37.6 Å². The van der Waals surface area contributed by atoms with Crippen LogP contribution in [0.4, 0.5) is 0 Å². The standard InChI is InChI=1S/C17H26BrN3O3S.HI/c1-3-19-17(21(2)12-14-8-10-24-13-14)20-9-11-25(22,23)16-6-4-15(18)5-7-16;/h4-7,14H,3,8-13H2,1-2H3,(H,19,20);1H. The molecule has 0 bridgehead atoms. The Morgan fingerprint density at radius 3 is 2.65 bits per heavy atom. The summed E-state index contributed by atoms with van der Waals surface area (Å²) in [5, 5.41) is 3.22. The number of aliphatic imine (C=N–C) groups is 1. The molecule has 1 aromatic carbocycles. The summed E-state index contributed by atoms with van der Waals surface area (Å²) in [4.78, 5) is 6.86. The van der Waals surface area contributed by atoms with Gasteiger partial charge in [0.05, 0.1) is 23.8 Å². The summed E-state index contributed by atoms with van der Waals surface area (Å²) in [7, 11) is -1.35. The summed E-state index contributed by atoms with van der Waals surface area (Å²) in [5.41, 5.74) is 0. The summed E-state index contributed by atoms with van der Waals surface area (Å²) in [5.74, 6) is 1.23. The van der Waals surface area contributed by atoms with Crippen molar-refractivity contribution >= 4 is 55.7 Å². The second kappa shape index (κ2) is 11.5. The third kappa shape index (κ3) is 7.32. The number of hydrogen-bond donors (Lipinski definition) is 1. The first-order chi connectivity index (χ1) is 11.9. The van der Waals surface area contributed by atoms with Crippen molar-refractivity contribution in [1.29, 1.82) is 0 Å². The largest absolute Gasteiger partial charge is 0.381 e. The summed E-state index contributed by atoms with van der Waals surface area (Å²) in [6.07, 6.45) is 1.06.